The summed E-state index contributed by atoms with van der Waals surface area (Å²) in [6, 6.07) is 0. The Morgan fingerprint density at radius 2 is 1.09 bits per heavy atom. The highest BCUT2D eigenvalue weighted by Gasteiger charge is 2.05. The molecule has 0 aliphatic rings. The Bertz CT molecular complexity index is 167. The van der Waals surface area contributed by atoms with Gasteiger partial charge in [0, 0.05) is 6.16 Å². The molecule has 0 radical (unpaired) electrons. The zero-order chi connectivity index (χ0) is 9.71. The molecule has 5 N–H and O–H groups in total. The van der Waals surface area contributed by atoms with Crippen molar-refractivity contribution in [3.05, 3.63) is 0 Å². The van der Waals surface area contributed by atoms with Gasteiger partial charge in [0.2, 0.25) is 0 Å². The first-order valence-electron chi connectivity index (χ1n) is 2.39. The molecule has 0 bridgehead atoms. The highest BCUT2D eigenvalue weighted by Crippen LogP contribution is 2.32. The van der Waals surface area contributed by atoms with Crippen LogP contribution in [0.3, 0.4) is 0 Å². The molecule has 0 spiro atoms. The smallest absolute Gasteiger partial charge is 0.324 e. The zero-order valence-electron chi connectivity index (χ0n) is 5.65. The lowest BCUT2D eigenvalue weighted by molar-refractivity contribution is 0.275. The molecule has 0 atom stereocenters. The quantitative estimate of drug-likeness (QED) is 0.358. The summed E-state index contributed by atoms with van der Waals surface area (Å²) in [7, 11) is -8.29. The Balaban J connectivity index is 0. The first-order valence-corrected chi connectivity index (χ1v) is 5.75. The van der Waals surface area contributed by atoms with E-state index in [-0.39, 0.29) is 6.16 Å². The molecule has 0 aliphatic heterocycles. The average molecular weight is 208 g/mol. The fourth-order valence-electron chi connectivity index (χ4n) is 0. The summed E-state index contributed by atoms with van der Waals surface area (Å²) in [5.74, 6) is 0. The van der Waals surface area contributed by atoms with Gasteiger partial charge in [0.1, 0.15) is 0 Å². The third-order valence-corrected chi connectivity index (χ3v) is 1.24. The van der Waals surface area contributed by atoms with Gasteiger partial charge in [0.25, 0.3) is 0 Å². The number of rotatable bonds is 1. The van der Waals surface area contributed by atoms with Crippen LogP contribution in [0.15, 0.2) is 0 Å². The van der Waals surface area contributed by atoms with E-state index in [4.69, 9.17) is 29.0 Å². The van der Waals surface area contributed by atoms with E-state index in [2.05, 4.69) is 0 Å². The molecule has 0 saturated carbocycles. The van der Waals surface area contributed by atoms with Crippen LogP contribution in [-0.4, -0.2) is 30.6 Å². The molecule has 0 aliphatic carbocycles. The van der Waals surface area contributed by atoms with Gasteiger partial charge in [-0.25, -0.2) is 4.57 Å². The minimum absolute atomic E-state index is 0.0625. The Morgan fingerprint density at radius 1 is 1.00 bits per heavy atom. The normalized spacial score (nSPS) is 11.8. The minimum atomic E-state index is -4.64. The summed E-state index contributed by atoms with van der Waals surface area (Å²) in [6.07, 6.45) is -0.0625. The van der Waals surface area contributed by atoms with Gasteiger partial charge in [-0.3, -0.25) is 4.57 Å². The van der Waals surface area contributed by atoms with Crippen LogP contribution in [0.25, 0.3) is 0 Å². The van der Waals surface area contributed by atoms with Gasteiger partial charge in [-0.1, -0.05) is 6.92 Å². The van der Waals surface area contributed by atoms with E-state index in [0.29, 0.717) is 0 Å². The van der Waals surface area contributed by atoms with Crippen LogP contribution in [0.1, 0.15) is 6.92 Å². The van der Waals surface area contributed by atoms with Crippen LogP contribution in [0.4, 0.5) is 0 Å². The lowest BCUT2D eigenvalue weighted by atomic mass is 11.0. The van der Waals surface area contributed by atoms with Gasteiger partial charge in [-0.05, 0) is 0 Å². The van der Waals surface area contributed by atoms with Crippen molar-refractivity contribution >= 4 is 15.4 Å². The van der Waals surface area contributed by atoms with Crippen molar-refractivity contribution < 1.29 is 33.6 Å². The number of hydrogen-bond donors (Lipinski definition) is 5. The van der Waals surface area contributed by atoms with E-state index in [1.807, 2.05) is 0 Å². The topological polar surface area (TPSA) is 135 Å². The second-order valence-electron chi connectivity index (χ2n) is 1.49. The van der Waals surface area contributed by atoms with Gasteiger partial charge in [-0.15, -0.1) is 0 Å². The van der Waals surface area contributed by atoms with E-state index >= 15 is 0 Å². The van der Waals surface area contributed by atoms with E-state index in [1.54, 1.807) is 0 Å². The standard InChI is InChI=1S/C2H7O3P.H3O4P/c1-2-6(3,4)5;1-5(2,3)4/h2H2,1H3,(H2,3,4,5);(H3,1,2,3,4). The lowest BCUT2D eigenvalue weighted by Gasteiger charge is -1.92. The summed E-state index contributed by atoms with van der Waals surface area (Å²) >= 11 is 0. The van der Waals surface area contributed by atoms with Crippen LogP contribution in [-0.2, 0) is 9.13 Å². The molecule has 0 amide bonds. The summed E-state index contributed by atoms with van der Waals surface area (Å²) in [4.78, 5) is 37.4. The molecule has 0 saturated heterocycles. The molecule has 70 valence electrons. The molecule has 0 aromatic carbocycles. The van der Waals surface area contributed by atoms with Crippen LogP contribution >= 0.6 is 15.4 Å². The monoisotopic (exact) mass is 208 g/mol. The van der Waals surface area contributed by atoms with Crippen molar-refractivity contribution in [1.29, 1.82) is 0 Å². The van der Waals surface area contributed by atoms with Crippen molar-refractivity contribution in [2.75, 3.05) is 6.16 Å². The molecule has 11 heavy (non-hydrogen) atoms. The van der Waals surface area contributed by atoms with Gasteiger partial charge < -0.3 is 24.5 Å². The van der Waals surface area contributed by atoms with Crippen LogP contribution in [0.5, 0.6) is 0 Å². The van der Waals surface area contributed by atoms with Crippen LogP contribution < -0.4 is 0 Å². The Hall–Kier alpha value is 0.260. The molecule has 0 unspecified atom stereocenters. The second-order valence-corrected chi connectivity index (χ2v) is 4.48. The fourth-order valence-corrected chi connectivity index (χ4v) is 0. The van der Waals surface area contributed by atoms with Crippen LogP contribution in [0, 0.1) is 0 Å². The molecule has 0 heterocycles. The molecular weight excluding hydrogens is 198 g/mol. The maximum atomic E-state index is 9.69. The van der Waals surface area contributed by atoms with E-state index in [9.17, 15) is 4.57 Å². The predicted octanol–water partition coefficient (Wildman–Crippen LogP) is -0.745. The molecule has 0 aromatic heterocycles. The summed E-state index contributed by atoms with van der Waals surface area (Å²) in [5.41, 5.74) is 0. The first-order chi connectivity index (χ1) is 4.56. The molecule has 9 heteroatoms. The van der Waals surface area contributed by atoms with Gasteiger partial charge in [0.05, 0.1) is 0 Å². The maximum Gasteiger partial charge on any atom is 0.466 e. The Kier molecular flexibility index (Phi) is 6.29. The fraction of sp³-hybridized carbons (Fsp3) is 1.00. The Morgan fingerprint density at radius 3 is 1.09 bits per heavy atom. The number of hydrogen-bond acceptors (Lipinski definition) is 2. The molecule has 0 rings (SSSR count). The van der Waals surface area contributed by atoms with Crippen LogP contribution in [0.2, 0.25) is 0 Å². The minimum Gasteiger partial charge on any atom is -0.324 e. The number of phosphoric acid groups is 1. The van der Waals surface area contributed by atoms with E-state index in [0.717, 1.165) is 0 Å². The summed E-state index contributed by atoms with van der Waals surface area (Å²) < 4.78 is 18.6. The maximum absolute atomic E-state index is 9.69. The summed E-state index contributed by atoms with van der Waals surface area (Å²) in [6.45, 7) is 1.45. The highest BCUT2D eigenvalue weighted by molar-refractivity contribution is 7.51. The van der Waals surface area contributed by atoms with Crippen molar-refractivity contribution in [3.8, 4) is 0 Å². The summed E-state index contributed by atoms with van der Waals surface area (Å²) in [5, 5.41) is 0. The molecule has 0 fully saturated rings. The van der Waals surface area contributed by atoms with Crippen molar-refractivity contribution in [2.24, 2.45) is 0 Å². The van der Waals surface area contributed by atoms with Crippen molar-refractivity contribution in [1.82, 2.24) is 0 Å². The largest absolute Gasteiger partial charge is 0.466 e. The lowest BCUT2D eigenvalue weighted by Crippen LogP contribution is -1.76. The molecular formula is C2H10O7P2. The molecule has 0 aromatic rings. The van der Waals surface area contributed by atoms with Gasteiger partial charge >= 0.3 is 15.4 Å². The second kappa shape index (κ2) is 5.00. The SMILES string of the molecule is CCP(=O)(O)O.O=P(O)(O)O. The highest BCUT2D eigenvalue weighted by atomic mass is 31.2. The Labute approximate surface area is 63.1 Å². The van der Waals surface area contributed by atoms with Crippen molar-refractivity contribution in [3.63, 3.8) is 0 Å². The molecule has 7 nitrogen and oxygen atoms in total. The first kappa shape index (κ1) is 13.8. The van der Waals surface area contributed by atoms with E-state index < -0.39 is 15.4 Å². The van der Waals surface area contributed by atoms with E-state index in [1.165, 1.54) is 6.92 Å². The third kappa shape index (κ3) is 65.9. The van der Waals surface area contributed by atoms with Crippen molar-refractivity contribution in [2.45, 2.75) is 6.92 Å². The average Bonchev–Trinajstić information content (AvgIpc) is 1.59. The predicted molar refractivity (Wildman–Crippen MR) is 36.8 cm³/mol. The zero-order valence-corrected chi connectivity index (χ0v) is 7.44. The van der Waals surface area contributed by atoms with Gasteiger partial charge in [-0.2, -0.15) is 0 Å². The third-order valence-electron chi connectivity index (χ3n) is 0.412. The van der Waals surface area contributed by atoms with Gasteiger partial charge in [0.15, 0.2) is 0 Å².